The molecule has 3 aromatic heterocycles. The first kappa shape index (κ1) is 23.7. The summed E-state index contributed by atoms with van der Waals surface area (Å²) in [6.45, 7) is 8.01. The number of aromatic amines is 1. The van der Waals surface area contributed by atoms with Crippen molar-refractivity contribution in [2.45, 2.75) is 66.1 Å². The van der Waals surface area contributed by atoms with Gasteiger partial charge in [0.15, 0.2) is 16.9 Å². The average molecular weight is 469 g/mol. The third kappa shape index (κ3) is 4.49. The normalized spacial score (nSPS) is 13.9. The first-order chi connectivity index (χ1) is 16.3. The van der Waals surface area contributed by atoms with E-state index in [1.54, 1.807) is 15.8 Å². The van der Waals surface area contributed by atoms with Gasteiger partial charge in [0, 0.05) is 37.9 Å². The monoisotopic (exact) mass is 468 g/mol. The van der Waals surface area contributed by atoms with Crippen molar-refractivity contribution in [3.63, 3.8) is 0 Å². The number of aryl methyl sites for hydroxylation is 1. The molecule has 0 aromatic carbocycles. The van der Waals surface area contributed by atoms with Crippen molar-refractivity contribution in [3.8, 4) is 0 Å². The maximum absolute atomic E-state index is 13.4. The number of H-pyrrole nitrogens is 1. The fourth-order valence-electron chi connectivity index (χ4n) is 4.41. The minimum absolute atomic E-state index is 0.144. The highest BCUT2D eigenvalue weighted by atomic mass is 16.2. The molecule has 1 saturated heterocycles. The van der Waals surface area contributed by atoms with Crippen molar-refractivity contribution < 1.29 is 9.59 Å². The molecule has 1 amide bonds. The molecule has 0 spiro atoms. The van der Waals surface area contributed by atoms with Crippen LogP contribution in [0.5, 0.6) is 0 Å². The number of rotatable bonds is 9. The first-order valence-electron chi connectivity index (χ1n) is 12.0. The van der Waals surface area contributed by atoms with Crippen LogP contribution in [0.4, 0.5) is 0 Å². The van der Waals surface area contributed by atoms with Crippen molar-refractivity contribution in [2.75, 3.05) is 13.1 Å². The predicted octanol–water partition coefficient (Wildman–Crippen LogP) is 2.26. The summed E-state index contributed by atoms with van der Waals surface area (Å²) in [6, 6.07) is 1.50. The summed E-state index contributed by atoms with van der Waals surface area (Å²) < 4.78 is 4.24. The van der Waals surface area contributed by atoms with Gasteiger partial charge in [0.05, 0.1) is 12.9 Å². The molecule has 0 bridgehead atoms. The minimum atomic E-state index is -0.552. The topological polar surface area (TPSA) is 115 Å². The highest BCUT2D eigenvalue weighted by molar-refractivity contribution is 6.00. The van der Waals surface area contributed by atoms with E-state index in [9.17, 15) is 19.2 Å². The summed E-state index contributed by atoms with van der Waals surface area (Å²) in [5.74, 6) is -0.410. The third-order valence-electron chi connectivity index (χ3n) is 6.21. The Morgan fingerprint density at radius 1 is 1.15 bits per heavy atom. The molecule has 1 aliphatic heterocycles. The van der Waals surface area contributed by atoms with E-state index in [2.05, 4.69) is 16.9 Å². The molecule has 0 unspecified atom stereocenters. The third-order valence-corrected chi connectivity index (χ3v) is 6.21. The maximum Gasteiger partial charge on any atom is 0.333 e. The Hall–Kier alpha value is -3.43. The number of carbonyl (C=O) groups excluding carboxylic acids is 2. The number of fused-ring (bicyclic) bond motifs is 1. The summed E-state index contributed by atoms with van der Waals surface area (Å²) >= 11 is 0. The number of nitrogens with one attached hydrogen (secondary N) is 1. The molecular formula is C24H32N6O4. The fourth-order valence-corrected chi connectivity index (χ4v) is 4.41. The van der Waals surface area contributed by atoms with Gasteiger partial charge >= 0.3 is 5.69 Å². The second kappa shape index (κ2) is 9.82. The van der Waals surface area contributed by atoms with Gasteiger partial charge in [-0.3, -0.25) is 23.5 Å². The van der Waals surface area contributed by atoms with Gasteiger partial charge in [-0.05, 0) is 31.2 Å². The molecule has 0 aliphatic carbocycles. The Bertz CT molecular complexity index is 1320. The first-order valence-corrected chi connectivity index (χ1v) is 12.0. The Balaban J connectivity index is 1.69. The van der Waals surface area contributed by atoms with E-state index in [1.807, 2.05) is 13.8 Å². The Kier molecular flexibility index (Phi) is 6.85. The maximum atomic E-state index is 13.4. The lowest BCUT2D eigenvalue weighted by Gasteiger charge is -2.14. The molecule has 10 heteroatoms. The molecule has 0 atom stereocenters. The number of hydrogen-bond acceptors (Lipinski definition) is 5. The molecule has 1 fully saturated rings. The number of imidazole rings is 1. The van der Waals surface area contributed by atoms with E-state index < -0.39 is 23.6 Å². The van der Waals surface area contributed by atoms with Crippen LogP contribution in [0.25, 0.3) is 11.2 Å². The van der Waals surface area contributed by atoms with Crippen LogP contribution >= 0.6 is 0 Å². The van der Waals surface area contributed by atoms with E-state index in [-0.39, 0.29) is 17.4 Å². The largest absolute Gasteiger partial charge is 0.356 e. The summed E-state index contributed by atoms with van der Waals surface area (Å²) in [7, 11) is 0. The summed E-state index contributed by atoms with van der Waals surface area (Å²) in [4.78, 5) is 61.3. The standard InChI is InChI=1S/C24H32N6O4/c1-4-5-8-28-15-26-21-20(28)23(33)30(24(34)29(21)13-16(2)3)14-19(31)17-11-18(25-12-17)22(32)27-9-6-7-10-27/h11-12,15-16,25H,4-10,13-14H2,1-3H3. The number of amides is 1. The zero-order valence-electron chi connectivity index (χ0n) is 20.0. The number of likely N-dealkylation sites (tertiary alicyclic amines) is 1. The number of Topliss-reactive ketones (excluding diaryl/α,β-unsaturated/α-hetero) is 1. The minimum Gasteiger partial charge on any atom is -0.356 e. The Morgan fingerprint density at radius 3 is 2.56 bits per heavy atom. The van der Waals surface area contributed by atoms with Crippen molar-refractivity contribution in [3.05, 3.63) is 50.7 Å². The molecule has 4 rings (SSSR count). The van der Waals surface area contributed by atoms with Crippen molar-refractivity contribution in [2.24, 2.45) is 5.92 Å². The van der Waals surface area contributed by atoms with Crippen LogP contribution in [0.1, 0.15) is 67.3 Å². The van der Waals surface area contributed by atoms with E-state index in [0.717, 1.165) is 30.3 Å². The smallest absolute Gasteiger partial charge is 0.333 e. The number of aromatic nitrogens is 5. The molecule has 10 nitrogen and oxygen atoms in total. The summed E-state index contributed by atoms with van der Waals surface area (Å²) in [5.41, 5.74) is 0.214. The van der Waals surface area contributed by atoms with Crippen molar-refractivity contribution in [1.29, 1.82) is 0 Å². The number of nitrogens with zero attached hydrogens (tertiary/aromatic N) is 5. The number of ketones is 1. The molecule has 0 radical (unpaired) electrons. The lowest BCUT2D eigenvalue weighted by Crippen LogP contribution is -2.42. The lowest BCUT2D eigenvalue weighted by atomic mass is 10.2. The van der Waals surface area contributed by atoms with Gasteiger partial charge < -0.3 is 14.5 Å². The zero-order valence-corrected chi connectivity index (χ0v) is 20.0. The van der Waals surface area contributed by atoms with Crippen LogP contribution in [0.15, 0.2) is 28.2 Å². The van der Waals surface area contributed by atoms with Gasteiger partial charge in [-0.25, -0.2) is 9.78 Å². The van der Waals surface area contributed by atoms with E-state index >= 15 is 0 Å². The van der Waals surface area contributed by atoms with Gasteiger partial charge in [-0.1, -0.05) is 27.2 Å². The fraction of sp³-hybridized carbons (Fsp3) is 0.542. The quantitative estimate of drug-likeness (QED) is 0.484. The number of hydrogen-bond donors (Lipinski definition) is 1. The number of unbranched alkanes of at least 4 members (excludes halogenated alkanes) is 1. The second-order valence-electron chi connectivity index (χ2n) is 9.37. The molecule has 182 valence electrons. The van der Waals surface area contributed by atoms with Gasteiger partial charge in [0.25, 0.3) is 11.5 Å². The molecular weight excluding hydrogens is 436 g/mol. The predicted molar refractivity (Wildman–Crippen MR) is 128 cm³/mol. The van der Waals surface area contributed by atoms with Gasteiger partial charge in [0.2, 0.25) is 0 Å². The van der Waals surface area contributed by atoms with Crippen molar-refractivity contribution >= 4 is 22.9 Å². The van der Waals surface area contributed by atoms with Gasteiger partial charge in [0.1, 0.15) is 5.69 Å². The summed E-state index contributed by atoms with van der Waals surface area (Å²) in [5, 5.41) is 0. The molecule has 4 heterocycles. The average Bonchev–Trinajstić information content (AvgIpc) is 3.58. The van der Waals surface area contributed by atoms with E-state index in [0.29, 0.717) is 43.0 Å². The van der Waals surface area contributed by atoms with Gasteiger partial charge in [-0.15, -0.1) is 0 Å². The SMILES string of the molecule is CCCCn1cnc2c1c(=O)n(CC(=O)c1c[nH]c(C(=O)N3CCCC3)c1)c(=O)n2CC(C)C. The Morgan fingerprint density at radius 2 is 1.88 bits per heavy atom. The highest BCUT2D eigenvalue weighted by Crippen LogP contribution is 2.14. The number of carbonyl (C=O) groups is 2. The van der Waals surface area contributed by atoms with E-state index in [1.165, 1.54) is 16.8 Å². The van der Waals surface area contributed by atoms with E-state index in [4.69, 9.17) is 0 Å². The van der Waals surface area contributed by atoms with Crippen LogP contribution < -0.4 is 11.2 Å². The van der Waals surface area contributed by atoms with Crippen LogP contribution in [0.2, 0.25) is 0 Å². The molecule has 3 aromatic rings. The van der Waals surface area contributed by atoms with Crippen LogP contribution in [-0.2, 0) is 19.6 Å². The van der Waals surface area contributed by atoms with Crippen molar-refractivity contribution in [1.82, 2.24) is 28.6 Å². The van der Waals surface area contributed by atoms with Crippen LogP contribution in [-0.4, -0.2) is 53.3 Å². The van der Waals surface area contributed by atoms with Crippen LogP contribution in [0, 0.1) is 5.92 Å². The Labute approximate surface area is 197 Å². The summed E-state index contributed by atoms with van der Waals surface area (Å²) in [6.07, 6.45) is 6.82. The van der Waals surface area contributed by atoms with Crippen LogP contribution in [0.3, 0.4) is 0 Å². The molecule has 0 saturated carbocycles. The highest BCUT2D eigenvalue weighted by Gasteiger charge is 2.24. The lowest BCUT2D eigenvalue weighted by molar-refractivity contribution is 0.0787. The molecule has 1 N–H and O–H groups in total. The zero-order chi connectivity index (χ0) is 24.4. The van der Waals surface area contributed by atoms with Gasteiger partial charge in [-0.2, -0.15) is 0 Å². The second-order valence-corrected chi connectivity index (χ2v) is 9.37. The molecule has 34 heavy (non-hydrogen) atoms. The molecule has 1 aliphatic rings.